The second kappa shape index (κ2) is 9.16. The van der Waals surface area contributed by atoms with Crippen molar-refractivity contribution in [1.82, 2.24) is 9.55 Å². The Kier molecular flexibility index (Phi) is 6.50. The van der Waals surface area contributed by atoms with Gasteiger partial charge in [0.2, 0.25) is 0 Å². The maximum atomic E-state index is 11.9. The first-order valence-corrected chi connectivity index (χ1v) is 11.7. The monoisotopic (exact) mass is 584 g/mol. The van der Waals surface area contributed by atoms with Crippen LogP contribution in [0.15, 0.2) is 42.7 Å². The van der Waals surface area contributed by atoms with Crippen LogP contribution in [0.25, 0.3) is 16.0 Å². The van der Waals surface area contributed by atoms with E-state index in [1.165, 1.54) is 0 Å². The van der Waals surface area contributed by atoms with Crippen molar-refractivity contribution in [3.8, 4) is 22.2 Å². The van der Waals surface area contributed by atoms with E-state index in [0.29, 0.717) is 27.0 Å². The highest BCUT2D eigenvalue weighted by Gasteiger charge is 2.22. The Morgan fingerprint density at radius 2 is 1.88 bits per heavy atom. The molecule has 1 atom stereocenters. The summed E-state index contributed by atoms with van der Waals surface area (Å²) in [5, 5.41) is 11.0. The second-order valence-electron chi connectivity index (χ2n) is 6.82. The molecule has 0 fully saturated rings. The molecule has 2 aromatic heterocycles. The van der Waals surface area contributed by atoms with Crippen molar-refractivity contribution in [2.75, 3.05) is 14.2 Å². The molecule has 166 valence electrons. The topological polar surface area (TPSA) is 82.8 Å². The van der Waals surface area contributed by atoms with Crippen molar-refractivity contribution in [2.45, 2.75) is 13.0 Å². The normalized spacial score (nSPS) is 12.0. The maximum Gasteiger partial charge on any atom is 0.349 e. The quantitative estimate of drug-likeness (QED) is 0.261. The van der Waals surface area contributed by atoms with Crippen molar-refractivity contribution >= 4 is 62.5 Å². The Morgan fingerprint density at radius 3 is 2.56 bits per heavy atom. The van der Waals surface area contributed by atoms with Crippen LogP contribution >= 0.6 is 45.5 Å². The minimum Gasteiger partial charge on any atom is -0.493 e. The van der Waals surface area contributed by atoms with Gasteiger partial charge in [-0.15, -0.1) is 11.3 Å². The summed E-state index contributed by atoms with van der Waals surface area (Å²) in [6, 6.07) is 10.9. The van der Waals surface area contributed by atoms with Crippen molar-refractivity contribution < 1.29 is 24.1 Å². The molecule has 1 unspecified atom stereocenters. The summed E-state index contributed by atoms with van der Waals surface area (Å²) in [5.74, 6) is 0.313. The van der Waals surface area contributed by atoms with Gasteiger partial charge in [0, 0.05) is 32.4 Å². The molecule has 1 N–H and O–H groups in total. The lowest BCUT2D eigenvalue weighted by Gasteiger charge is -2.16. The van der Waals surface area contributed by atoms with Gasteiger partial charge < -0.3 is 19.3 Å². The number of carbonyl (C=O) groups is 1. The number of imidazole rings is 1. The van der Waals surface area contributed by atoms with Crippen LogP contribution in [0.4, 0.5) is 0 Å². The Labute approximate surface area is 206 Å². The molecule has 0 saturated carbocycles. The van der Waals surface area contributed by atoms with E-state index in [1.807, 2.05) is 19.1 Å². The molecule has 0 saturated heterocycles. The molecular formula is C22H18ClIN2O5S. The zero-order chi connectivity index (χ0) is 23.0. The molecule has 0 aliphatic rings. The number of benzene rings is 2. The van der Waals surface area contributed by atoms with Crippen LogP contribution in [-0.2, 0) is 0 Å². The van der Waals surface area contributed by atoms with Crippen LogP contribution in [0.5, 0.6) is 17.2 Å². The number of nitrogens with zero attached hydrogens (tertiary/aromatic N) is 2. The summed E-state index contributed by atoms with van der Waals surface area (Å²) in [6.45, 7) is 1.84. The van der Waals surface area contributed by atoms with Crippen LogP contribution in [0.2, 0.25) is 5.02 Å². The minimum absolute atomic E-state index is 0.0935. The fourth-order valence-corrected chi connectivity index (χ4v) is 5.01. The molecule has 2 aromatic carbocycles. The van der Waals surface area contributed by atoms with Gasteiger partial charge >= 0.3 is 5.97 Å². The Bertz CT molecular complexity index is 1320. The van der Waals surface area contributed by atoms with Crippen molar-refractivity contribution in [3.63, 3.8) is 0 Å². The maximum absolute atomic E-state index is 11.9. The molecule has 4 rings (SSSR count). The molecule has 0 aliphatic heterocycles. The fraction of sp³-hybridized carbons (Fsp3) is 0.182. The summed E-state index contributed by atoms with van der Waals surface area (Å²) < 4.78 is 19.6. The largest absolute Gasteiger partial charge is 0.493 e. The number of carboxylic acids is 1. The SMILES string of the molecule is COc1cc2ncn(-c3cc(OC(C)c4cc(I)ccc4Cl)c(C(=O)O)s3)c2cc1OC. The summed E-state index contributed by atoms with van der Waals surface area (Å²) in [5.41, 5.74) is 2.23. The molecule has 4 aromatic rings. The number of fused-ring (bicyclic) bond motifs is 1. The number of thiophene rings is 1. The number of carboxylic acid groups (broad SMARTS) is 1. The second-order valence-corrected chi connectivity index (χ2v) is 9.50. The minimum atomic E-state index is -1.07. The van der Waals surface area contributed by atoms with E-state index in [1.54, 1.807) is 49.4 Å². The smallest absolute Gasteiger partial charge is 0.349 e. The first kappa shape index (κ1) is 22.7. The number of hydrogen-bond donors (Lipinski definition) is 1. The third-order valence-corrected chi connectivity index (χ3v) is 6.99. The standard InChI is InChI=1S/C22H18ClIN2O5S/c1-11(13-6-12(24)4-5-14(13)23)31-19-9-20(32-21(19)22(27)28)26-10-25-15-7-17(29-2)18(30-3)8-16(15)26/h4-11H,1-3H3,(H,27,28). The average Bonchev–Trinajstić information content (AvgIpc) is 3.37. The van der Waals surface area contributed by atoms with E-state index < -0.39 is 12.1 Å². The number of ether oxygens (including phenoxy) is 3. The lowest BCUT2D eigenvalue weighted by molar-refractivity contribution is 0.0696. The number of methoxy groups -OCH3 is 2. The molecule has 0 radical (unpaired) electrons. The molecular weight excluding hydrogens is 567 g/mol. The van der Waals surface area contributed by atoms with E-state index in [4.69, 9.17) is 25.8 Å². The van der Waals surface area contributed by atoms with E-state index in [2.05, 4.69) is 27.6 Å². The van der Waals surface area contributed by atoms with E-state index in [-0.39, 0.29) is 10.6 Å². The molecule has 0 amide bonds. The van der Waals surface area contributed by atoms with Crippen molar-refractivity contribution in [3.05, 3.63) is 61.8 Å². The summed E-state index contributed by atoms with van der Waals surface area (Å²) in [4.78, 5) is 16.4. The van der Waals surface area contributed by atoms with Gasteiger partial charge in [-0.25, -0.2) is 9.78 Å². The van der Waals surface area contributed by atoms with Crippen molar-refractivity contribution in [2.24, 2.45) is 0 Å². The number of rotatable bonds is 7. The van der Waals surface area contributed by atoms with Gasteiger partial charge in [-0.05, 0) is 47.7 Å². The Balaban J connectivity index is 1.75. The third-order valence-electron chi connectivity index (χ3n) is 4.87. The van der Waals surface area contributed by atoms with Crippen LogP contribution in [0.3, 0.4) is 0 Å². The summed E-state index contributed by atoms with van der Waals surface area (Å²) >= 11 is 9.63. The van der Waals surface area contributed by atoms with Gasteiger partial charge in [0.15, 0.2) is 16.4 Å². The van der Waals surface area contributed by atoms with E-state index >= 15 is 0 Å². The molecule has 0 bridgehead atoms. The number of hydrogen-bond acceptors (Lipinski definition) is 6. The summed E-state index contributed by atoms with van der Waals surface area (Å²) in [6.07, 6.45) is 1.19. The predicted octanol–water partition coefficient (Wildman–Crippen LogP) is 6.20. The van der Waals surface area contributed by atoms with E-state index in [9.17, 15) is 9.90 Å². The van der Waals surface area contributed by atoms with Gasteiger partial charge in [-0.2, -0.15) is 0 Å². The molecule has 0 aliphatic carbocycles. The van der Waals surface area contributed by atoms with Gasteiger partial charge in [0.25, 0.3) is 0 Å². The number of aromatic nitrogens is 2. The Morgan fingerprint density at radius 1 is 1.16 bits per heavy atom. The molecule has 10 heteroatoms. The lowest BCUT2D eigenvalue weighted by Crippen LogP contribution is -2.06. The molecule has 2 heterocycles. The fourth-order valence-electron chi connectivity index (χ4n) is 3.31. The first-order chi connectivity index (χ1) is 15.3. The van der Waals surface area contributed by atoms with Crippen molar-refractivity contribution in [1.29, 1.82) is 0 Å². The molecule has 32 heavy (non-hydrogen) atoms. The van der Waals surface area contributed by atoms with Crippen LogP contribution in [-0.4, -0.2) is 34.8 Å². The zero-order valence-electron chi connectivity index (χ0n) is 17.3. The average molecular weight is 585 g/mol. The van der Waals surface area contributed by atoms with Gasteiger partial charge in [-0.3, -0.25) is 4.57 Å². The van der Waals surface area contributed by atoms with Gasteiger partial charge in [0.05, 0.1) is 25.3 Å². The van der Waals surface area contributed by atoms with Crippen LogP contribution in [0, 0.1) is 3.57 Å². The Hall–Kier alpha value is -2.50. The van der Waals surface area contributed by atoms with E-state index in [0.717, 1.165) is 26.0 Å². The molecule has 0 spiro atoms. The molecule has 7 nitrogen and oxygen atoms in total. The highest BCUT2D eigenvalue weighted by molar-refractivity contribution is 14.1. The zero-order valence-corrected chi connectivity index (χ0v) is 21.0. The highest BCUT2D eigenvalue weighted by Crippen LogP contribution is 2.39. The highest BCUT2D eigenvalue weighted by atomic mass is 127. The van der Waals surface area contributed by atoms with Crippen LogP contribution in [0.1, 0.15) is 28.3 Å². The summed E-state index contributed by atoms with van der Waals surface area (Å²) in [7, 11) is 3.12. The van der Waals surface area contributed by atoms with Gasteiger partial charge in [0.1, 0.15) is 23.2 Å². The van der Waals surface area contributed by atoms with Crippen LogP contribution < -0.4 is 14.2 Å². The van der Waals surface area contributed by atoms with Gasteiger partial charge in [-0.1, -0.05) is 11.6 Å². The lowest BCUT2D eigenvalue weighted by atomic mass is 10.1. The number of aromatic carboxylic acids is 1. The number of halogens is 2. The predicted molar refractivity (Wildman–Crippen MR) is 132 cm³/mol. The third kappa shape index (κ3) is 4.24. The first-order valence-electron chi connectivity index (χ1n) is 9.40.